The Hall–Kier alpha value is -2.19. The summed E-state index contributed by atoms with van der Waals surface area (Å²) in [5, 5.41) is 3.96. The van der Waals surface area contributed by atoms with E-state index >= 15 is 0 Å². The molecule has 0 fully saturated rings. The summed E-state index contributed by atoms with van der Waals surface area (Å²) in [7, 11) is 0. The molecule has 0 aliphatic rings. The Kier molecular flexibility index (Phi) is 7.35. The average molecular weight is 484 g/mol. The van der Waals surface area contributed by atoms with Gasteiger partial charge in [0.25, 0.3) is 5.91 Å². The van der Waals surface area contributed by atoms with Crippen molar-refractivity contribution < 1.29 is 19.1 Å². The van der Waals surface area contributed by atoms with Crippen molar-refractivity contribution in [2.75, 3.05) is 6.61 Å². The number of carbonyl (C=O) groups is 2. The molecule has 0 bridgehead atoms. The number of hydrazone groups is 1. The molecule has 6 nitrogen and oxygen atoms in total. The predicted molar refractivity (Wildman–Crippen MR) is 106 cm³/mol. The largest absolute Gasteiger partial charge is 0.490 e. The quantitative estimate of drug-likeness (QED) is 0.287. The molecule has 0 radical (unpaired) electrons. The van der Waals surface area contributed by atoms with E-state index in [1.54, 1.807) is 30.3 Å². The minimum absolute atomic E-state index is 0.301. The minimum atomic E-state index is -0.450. The average Bonchev–Trinajstić information content (AvgIpc) is 2.58. The SMILES string of the molecule is CCOc1cc(/C=N\NC(=O)c2cccc(Br)c2)cc(Br)c1OC(C)=O. The van der Waals surface area contributed by atoms with Crippen molar-refractivity contribution >= 4 is 50.0 Å². The Morgan fingerprint density at radius 2 is 2.00 bits per heavy atom. The summed E-state index contributed by atoms with van der Waals surface area (Å²) < 4.78 is 12.0. The summed E-state index contributed by atoms with van der Waals surface area (Å²) in [4.78, 5) is 23.3. The lowest BCUT2D eigenvalue weighted by Crippen LogP contribution is -2.17. The van der Waals surface area contributed by atoms with Crippen LogP contribution < -0.4 is 14.9 Å². The molecule has 0 aliphatic carbocycles. The molecular formula is C18H16Br2N2O4. The van der Waals surface area contributed by atoms with Gasteiger partial charge in [-0.25, -0.2) is 5.43 Å². The Morgan fingerprint density at radius 3 is 2.65 bits per heavy atom. The van der Waals surface area contributed by atoms with E-state index in [0.717, 1.165) is 4.47 Å². The highest BCUT2D eigenvalue weighted by Crippen LogP contribution is 2.36. The highest BCUT2D eigenvalue weighted by atomic mass is 79.9. The van der Waals surface area contributed by atoms with Gasteiger partial charge in [0.2, 0.25) is 0 Å². The fourth-order valence-corrected chi connectivity index (χ4v) is 2.97. The number of benzene rings is 2. The van der Waals surface area contributed by atoms with Gasteiger partial charge in [-0.05, 0) is 58.7 Å². The monoisotopic (exact) mass is 482 g/mol. The molecule has 0 spiro atoms. The van der Waals surface area contributed by atoms with Crippen molar-refractivity contribution in [1.82, 2.24) is 5.43 Å². The molecule has 136 valence electrons. The van der Waals surface area contributed by atoms with Gasteiger partial charge in [-0.3, -0.25) is 9.59 Å². The van der Waals surface area contributed by atoms with E-state index < -0.39 is 5.97 Å². The number of esters is 1. The summed E-state index contributed by atoms with van der Waals surface area (Å²) in [5.41, 5.74) is 3.60. The van der Waals surface area contributed by atoms with Gasteiger partial charge in [0.1, 0.15) is 0 Å². The maximum Gasteiger partial charge on any atom is 0.308 e. The molecule has 0 heterocycles. The zero-order valence-electron chi connectivity index (χ0n) is 14.1. The predicted octanol–water partition coefficient (Wildman–Crippen LogP) is 4.30. The van der Waals surface area contributed by atoms with Crippen LogP contribution in [-0.2, 0) is 4.79 Å². The number of nitrogens with zero attached hydrogens (tertiary/aromatic N) is 1. The van der Waals surface area contributed by atoms with Crippen LogP contribution in [0.2, 0.25) is 0 Å². The highest BCUT2D eigenvalue weighted by molar-refractivity contribution is 9.10. The fourth-order valence-electron chi connectivity index (χ4n) is 2.03. The van der Waals surface area contributed by atoms with Crippen LogP contribution in [0.15, 0.2) is 50.4 Å². The van der Waals surface area contributed by atoms with Crippen LogP contribution in [0, 0.1) is 0 Å². The number of hydrogen-bond donors (Lipinski definition) is 1. The van der Waals surface area contributed by atoms with Crippen molar-refractivity contribution in [2.24, 2.45) is 5.10 Å². The third kappa shape index (κ3) is 5.67. The van der Waals surface area contributed by atoms with E-state index in [1.165, 1.54) is 13.1 Å². The number of hydrogen-bond acceptors (Lipinski definition) is 5. The van der Waals surface area contributed by atoms with Crippen molar-refractivity contribution in [3.8, 4) is 11.5 Å². The Balaban J connectivity index is 2.16. The van der Waals surface area contributed by atoms with Crippen molar-refractivity contribution in [3.05, 3.63) is 56.5 Å². The van der Waals surface area contributed by atoms with Gasteiger partial charge in [0, 0.05) is 17.0 Å². The number of amides is 1. The summed E-state index contributed by atoms with van der Waals surface area (Å²) in [5.74, 6) is -0.0796. The van der Waals surface area contributed by atoms with Crippen LogP contribution in [-0.4, -0.2) is 24.7 Å². The summed E-state index contributed by atoms with van der Waals surface area (Å²) in [6.07, 6.45) is 1.47. The van der Waals surface area contributed by atoms with E-state index in [-0.39, 0.29) is 5.91 Å². The molecule has 8 heteroatoms. The third-order valence-corrected chi connectivity index (χ3v) is 4.13. The highest BCUT2D eigenvalue weighted by Gasteiger charge is 2.14. The first kappa shape index (κ1) is 20.1. The van der Waals surface area contributed by atoms with Gasteiger partial charge in [-0.15, -0.1) is 0 Å². The van der Waals surface area contributed by atoms with Crippen LogP contribution in [0.1, 0.15) is 29.8 Å². The van der Waals surface area contributed by atoms with Crippen LogP contribution in [0.5, 0.6) is 11.5 Å². The number of halogens is 2. The van der Waals surface area contributed by atoms with Crippen molar-refractivity contribution in [1.29, 1.82) is 0 Å². The summed E-state index contributed by atoms with van der Waals surface area (Å²) >= 11 is 6.67. The Bertz CT molecular complexity index is 853. The second-order valence-electron chi connectivity index (χ2n) is 5.07. The zero-order chi connectivity index (χ0) is 19.1. The minimum Gasteiger partial charge on any atom is -0.490 e. The molecule has 1 N–H and O–H groups in total. The number of rotatable bonds is 6. The lowest BCUT2D eigenvalue weighted by molar-refractivity contribution is -0.132. The lowest BCUT2D eigenvalue weighted by Gasteiger charge is -2.12. The molecule has 26 heavy (non-hydrogen) atoms. The Labute approximate surface area is 167 Å². The van der Waals surface area contributed by atoms with E-state index in [9.17, 15) is 9.59 Å². The van der Waals surface area contributed by atoms with Crippen molar-refractivity contribution in [2.45, 2.75) is 13.8 Å². The molecular weight excluding hydrogens is 468 g/mol. The van der Waals surface area contributed by atoms with Gasteiger partial charge in [0.15, 0.2) is 11.5 Å². The first-order chi connectivity index (χ1) is 12.4. The van der Waals surface area contributed by atoms with E-state index in [4.69, 9.17) is 9.47 Å². The molecule has 0 aromatic heterocycles. The third-order valence-electron chi connectivity index (χ3n) is 3.04. The molecule has 2 rings (SSSR count). The van der Waals surface area contributed by atoms with Gasteiger partial charge in [0.05, 0.1) is 17.3 Å². The Morgan fingerprint density at radius 1 is 1.23 bits per heavy atom. The molecule has 0 atom stereocenters. The number of ether oxygens (including phenoxy) is 2. The van der Waals surface area contributed by atoms with Crippen LogP contribution in [0.25, 0.3) is 0 Å². The van der Waals surface area contributed by atoms with Gasteiger partial charge in [-0.1, -0.05) is 22.0 Å². The molecule has 0 unspecified atom stereocenters. The molecule has 0 aliphatic heterocycles. The van der Waals surface area contributed by atoms with E-state index in [1.807, 2.05) is 13.0 Å². The lowest BCUT2D eigenvalue weighted by atomic mass is 10.2. The molecule has 0 saturated heterocycles. The fraction of sp³-hybridized carbons (Fsp3) is 0.167. The second-order valence-corrected chi connectivity index (χ2v) is 6.84. The second kappa shape index (κ2) is 9.49. The standard InChI is InChI=1S/C18H16Br2N2O4/c1-3-25-16-8-12(7-15(20)17(16)26-11(2)23)10-21-22-18(24)13-5-4-6-14(19)9-13/h4-10H,3H2,1-2H3,(H,22,24)/b21-10-. The zero-order valence-corrected chi connectivity index (χ0v) is 17.3. The molecule has 2 aromatic carbocycles. The van der Waals surface area contributed by atoms with E-state index in [2.05, 4.69) is 42.4 Å². The maximum atomic E-state index is 12.1. The maximum absolute atomic E-state index is 12.1. The van der Waals surface area contributed by atoms with Crippen LogP contribution in [0.4, 0.5) is 0 Å². The normalized spacial score (nSPS) is 10.6. The van der Waals surface area contributed by atoms with Gasteiger partial charge in [-0.2, -0.15) is 5.10 Å². The van der Waals surface area contributed by atoms with Crippen LogP contribution >= 0.6 is 31.9 Å². The first-order valence-electron chi connectivity index (χ1n) is 7.64. The summed E-state index contributed by atoms with van der Waals surface area (Å²) in [6, 6.07) is 10.4. The van der Waals surface area contributed by atoms with E-state index in [0.29, 0.717) is 33.7 Å². The molecule has 2 aromatic rings. The number of carbonyl (C=O) groups excluding carboxylic acids is 2. The van der Waals surface area contributed by atoms with Gasteiger partial charge >= 0.3 is 5.97 Å². The molecule has 0 saturated carbocycles. The van der Waals surface area contributed by atoms with Crippen molar-refractivity contribution in [3.63, 3.8) is 0 Å². The topological polar surface area (TPSA) is 77.0 Å². The van der Waals surface area contributed by atoms with Gasteiger partial charge < -0.3 is 9.47 Å². The molecule has 1 amide bonds. The summed E-state index contributed by atoms with van der Waals surface area (Å²) in [6.45, 7) is 3.54. The van der Waals surface area contributed by atoms with Crippen LogP contribution in [0.3, 0.4) is 0 Å². The number of nitrogens with one attached hydrogen (secondary N) is 1. The first-order valence-corrected chi connectivity index (χ1v) is 9.23. The smallest absolute Gasteiger partial charge is 0.308 e.